The molecule has 92 valence electrons. The Hall–Kier alpha value is 0.270. The molecular formula is C12H28N2S. The molecular weight excluding hydrogens is 204 g/mol. The van der Waals surface area contributed by atoms with Gasteiger partial charge in [0.05, 0.1) is 0 Å². The first-order chi connectivity index (χ1) is 7.19. The van der Waals surface area contributed by atoms with Gasteiger partial charge >= 0.3 is 0 Å². The van der Waals surface area contributed by atoms with Crippen LogP contribution in [0.2, 0.25) is 0 Å². The summed E-state index contributed by atoms with van der Waals surface area (Å²) in [5.41, 5.74) is 5.71. The van der Waals surface area contributed by atoms with E-state index in [0.717, 1.165) is 12.6 Å². The highest BCUT2D eigenvalue weighted by atomic mass is 32.2. The maximum Gasteiger partial charge on any atom is 0.0180 e. The van der Waals surface area contributed by atoms with Crippen LogP contribution in [0.25, 0.3) is 0 Å². The zero-order valence-corrected chi connectivity index (χ0v) is 11.6. The fraction of sp³-hybridized carbons (Fsp3) is 1.00. The van der Waals surface area contributed by atoms with Crippen molar-refractivity contribution in [2.45, 2.75) is 39.2 Å². The maximum atomic E-state index is 5.71. The minimum absolute atomic E-state index is 0.708. The Kier molecular flexibility index (Phi) is 9.66. The second-order valence-electron chi connectivity index (χ2n) is 4.30. The molecule has 2 N–H and O–H groups in total. The standard InChI is InChI=1S/C12H28N2S/c1-5-11(9-13)7-8-14(3)12(6-2)10-15-4/h11-12H,5-10,13H2,1-4H3. The average Bonchev–Trinajstić information content (AvgIpc) is 2.26. The summed E-state index contributed by atoms with van der Waals surface area (Å²) in [6.45, 7) is 6.53. The van der Waals surface area contributed by atoms with Crippen molar-refractivity contribution in [3.8, 4) is 0 Å². The van der Waals surface area contributed by atoms with E-state index >= 15 is 0 Å². The first-order valence-electron chi connectivity index (χ1n) is 6.08. The molecule has 0 rings (SSSR count). The van der Waals surface area contributed by atoms with Gasteiger partial charge in [-0.2, -0.15) is 11.8 Å². The van der Waals surface area contributed by atoms with Gasteiger partial charge in [-0.3, -0.25) is 0 Å². The molecule has 0 aliphatic rings. The molecule has 0 aliphatic carbocycles. The molecule has 2 atom stereocenters. The van der Waals surface area contributed by atoms with Gasteiger partial charge in [0, 0.05) is 11.8 Å². The second kappa shape index (κ2) is 9.49. The summed E-state index contributed by atoms with van der Waals surface area (Å²) in [7, 11) is 2.24. The van der Waals surface area contributed by atoms with E-state index in [9.17, 15) is 0 Å². The molecule has 0 heterocycles. The quantitative estimate of drug-likeness (QED) is 0.662. The van der Waals surface area contributed by atoms with Crippen LogP contribution in [0.4, 0.5) is 0 Å². The molecule has 0 amide bonds. The van der Waals surface area contributed by atoms with Crippen molar-refractivity contribution in [3.05, 3.63) is 0 Å². The van der Waals surface area contributed by atoms with Crippen molar-refractivity contribution < 1.29 is 0 Å². The lowest BCUT2D eigenvalue weighted by atomic mass is 10.0. The SMILES string of the molecule is CCC(CN)CCN(C)C(CC)CSC. The van der Waals surface area contributed by atoms with Crippen LogP contribution >= 0.6 is 11.8 Å². The van der Waals surface area contributed by atoms with Crippen LogP contribution in [0, 0.1) is 5.92 Å². The summed E-state index contributed by atoms with van der Waals surface area (Å²) >= 11 is 1.94. The van der Waals surface area contributed by atoms with Crippen LogP contribution in [0.1, 0.15) is 33.1 Å². The molecule has 2 unspecified atom stereocenters. The van der Waals surface area contributed by atoms with E-state index in [2.05, 4.69) is 32.1 Å². The van der Waals surface area contributed by atoms with Gasteiger partial charge in [-0.25, -0.2) is 0 Å². The molecule has 0 aromatic carbocycles. The second-order valence-corrected chi connectivity index (χ2v) is 5.21. The summed E-state index contributed by atoms with van der Waals surface area (Å²) in [6.07, 6.45) is 5.89. The minimum atomic E-state index is 0.708. The van der Waals surface area contributed by atoms with Gasteiger partial charge in [-0.1, -0.05) is 20.3 Å². The average molecular weight is 232 g/mol. The Balaban J connectivity index is 3.82. The molecule has 0 fully saturated rings. The maximum absolute atomic E-state index is 5.71. The van der Waals surface area contributed by atoms with Gasteiger partial charge in [0.25, 0.3) is 0 Å². The van der Waals surface area contributed by atoms with Crippen molar-refractivity contribution in [2.24, 2.45) is 11.7 Å². The van der Waals surface area contributed by atoms with Crippen LogP contribution in [0.3, 0.4) is 0 Å². The number of rotatable bonds is 9. The van der Waals surface area contributed by atoms with E-state index in [1.807, 2.05) is 11.8 Å². The molecule has 3 heteroatoms. The van der Waals surface area contributed by atoms with E-state index in [-0.39, 0.29) is 0 Å². The smallest absolute Gasteiger partial charge is 0.0180 e. The van der Waals surface area contributed by atoms with E-state index in [4.69, 9.17) is 5.73 Å². The molecule has 0 aliphatic heterocycles. The lowest BCUT2D eigenvalue weighted by Gasteiger charge is -2.27. The van der Waals surface area contributed by atoms with Gasteiger partial charge in [-0.05, 0) is 45.2 Å². The van der Waals surface area contributed by atoms with Gasteiger partial charge < -0.3 is 10.6 Å². The topological polar surface area (TPSA) is 29.3 Å². The number of thioether (sulfide) groups is 1. The van der Waals surface area contributed by atoms with Crippen LogP contribution in [0.15, 0.2) is 0 Å². The minimum Gasteiger partial charge on any atom is -0.330 e. The van der Waals surface area contributed by atoms with Crippen molar-refractivity contribution in [3.63, 3.8) is 0 Å². The fourth-order valence-electron chi connectivity index (χ4n) is 1.81. The molecule has 15 heavy (non-hydrogen) atoms. The molecule has 0 saturated heterocycles. The molecule has 0 saturated carbocycles. The zero-order chi connectivity index (χ0) is 11.7. The van der Waals surface area contributed by atoms with E-state index < -0.39 is 0 Å². The number of nitrogens with zero attached hydrogens (tertiary/aromatic N) is 1. The number of nitrogens with two attached hydrogens (primary N) is 1. The van der Waals surface area contributed by atoms with Gasteiger partial charge in [0.15, 0.2) is 0 Å². The molecule has 0 aromatic heterocycles. The summed E-state index contributed by atoms with van der Waals surface area (Å²) < 4.78 is 0. The Morgan fingerprint density at radius 2 is 1.93 bits per heavy atom. The third-order valence-electron chi connectivity index (χ3n) is 3.25. The van der Waals surface area contributed by atoms with Crippen molar-refractivity contribution in [2.75, 3.05) is 32.1 Å². The highest BCUT2D eigenvalue weighted by Gasteiger charge is 2.13. The lowest BCUT2D eigenvalue weighted by molar-refractivity contribution is 0.235. The molecule has 2 nitrogen and oxygen atoms in total. The fourth-order valence-corrected chi connectivity index (χ4v) is 2.68. The first-order valence-corrected chi connectivity index (χ1v) is 7.48. The Labute approximate surface area is 100.0 Å². The summed E-state index contributed by atoms with van der Waals surface area (Å²) in [6, 6.07) is 0.732. The highest BCUT2D eigenvalue weighted by molar-refractivity contribution is 7.98. The molecule has 0 radical (unpaired) electrons. The Bertz CT molecular complexity index is 138. The summed E-state index contributed by atoms with van der Waals surface area (Å²) in [5.74, 6) is 1.95. The molecule has 0 aromatic rings. The van der Waals surface area contributed by atoms with Crippen LogP contribution in [-0.4, -0.2) is 43.1 Å². The lowest BCUT2D eigenvalue weighted by Crippen LogP contribution is -2.35. The van der Waals surface area contributed by atoms with Gasteiger partial charge in [-0.15, -0.1) is 0 Å². The van der Waals surface area contributed by atoms with Crippen LogP contribution < -0.4 is 5.73 Å². The predicted octanol–water partition coefficient (Wildman–Crippen LogP) is 2.43. The summed E-state index contributed by atoms with van der Waals surface area (Å²) in [5, 5.41) is 0. The van der Waals surface area contributed by atoms with Crippen molar-refractivity contribution in [1.29, 1.82) is 0 Å². The predicted molar refractivity (Wildman–Crippen MR) is 72.5 cm³/mol. The van der Waals surface area contributed by atoms with Crippen molar-refractivity contribution >= 4 is 11.8 Å². The van der Waals surface area contributed by atoms with E-state index in [0.29, 0.717) is 5.92 Å². The van der Waals surface area contributed by atoms with E-state index in [1.165, 1.54) is 31.6 Å². The third-order valence-corrected chi connectivity index (χ3v) is 3.97. The first kappa shape index (κ1) is 15.3. The summed E-state index contributed by atoms with van der Waals surface area (Å²) in [4.78, 5) is 2.49. The van der Waals surface area contributed by atoms with Gasteiger partial charge in [0.1, 0.15) is 0 Å². The van der Waals surface area contributed by atoms with E-state index in [1.54, 1.807) is 0 Å². The van der Waals surface area contributed by atoms with Crippen molar-refractivity contribution in [1.82, 2.24) is 4.90 Å². The largest absolute Gasteiger partial charge is 0.330 e. The normalized spacial score (nSPS) is 15.6. The Morgan fingerprint density at radius 1 is 1.27 bits per heavy atom. The molecule has 0 spiro atoms. The van der Waals surface area contributed by atoms with Gasteiger partial charge in [0.2, 0.25) is 0 Å². The van der Waals surface area contributed by atoms with Crippen LogP contribution in [0.5, 0.6) is 0 Å². The number of hydrogen-bond donors (Lipinski definition) is 1. The monoisotopic (exact) mass is 232 g/mol. The highest BCUT2D eigenvalue weighted by Crippen LogP contribution is 2.12. The number of hydrogen-bond acceptors (Lipinski definition) is 3. The zero-order valence-electron chi connectivity index (χ0n) is 10.8. The Morgan fingerprint density at radius 3 is 2.33 bits per heavy atom. The van der Waals surface area contributed by atoms with Crippen LogP contribution in [-0.2, 0) is 0 Å². The molecule has 0 bridgehead atoms. The third kappa shape index (κ3) is 6.44.